The van der Waals surface area contributed by atoms with E-state index in [1.807, 2.05) is 0 Å². The van der Waals surface area contributed by atoms with E-state index in [1.54, 1.807) is 0 Å². The summed E-state index contributed by atoms with van der Waals surface area (Å²) in [5.74, 6) is -1.21. The summed E-state index contributed by atoms with van der Waals surface area (Å²) < 4.78 is 0. The van der Waals surface area contributed by atoms with Crippen LogP contribution in [0.2, 0.25) is 0 Å². The van der Waals surface area contributed by atoms with E-state index in [4.69, 9.17) is 15.3 Å². The summed E-state index contributed by atoms with van der Waals surface area (Å²) in [6.07, 6.45) is 14.1. The van der Waals surface area contributed by atoms with Crippen LogP contribution >= 0.6 is 0 Å². The zero-order valence-electron chi connectivity index (χ0n) is 11.8. The zero-order valence-corrected chi connectivity index (χ0v) is 11.8. The number of unbranched alkanes of at least 4 members (excludes halogenated alkanes) is 10. The first-order valence-electron chi connectivity index (χ1n) is 7.48. The summed E-state index contributed by atoms with van der Waals surface area (Å²) in [6, 6.07) is 0. The second-order valence-electron chi connectivity index (χ2n) is 5.06. The molecule has 18 heavy (non-hydrogen) atoms. The van der Waals surface area contributed by atoms with Gasteiger partial charge in [0.1, 0.15) is 0 Å². The Kier molecular flexibility index (Phi) is 12.0. The fraction of sp³-hybridized carbons (Fsp3) is 0.867. The van der Waals surface area contributed by atoms with Gasteiger partial charge in [0.25, 0.3) is 0 Å². The third kappa shape index (κ3) is 11.6. The highest BCUT2D eigenvalue weighted by atomic mass is 16.5. The van der Waals surface area contributed by atoms with Crippen LogP contribution in [-0.2, 0) is 0 Å². The predicted molar refractivity (Wildman–Crippen MR) is 76.0 cm³/mol. The first-order valence-corrected chi connectivity index (χ1v) is 7.48. The molecule has 0 aromatic rings. The van der Waals surface area contributed by atoms with E-state index in [0.717, 1.165) is 12.8 Å². The van der Waals surface area contributed by atoms with E-state index < -0.39 is 5.95 Å². The maximum absolute atomic E-state index is 9.05. The van der Waals surface area contributed by atoms with Crippen LogP contribution in [0.4, 0.5) is 0 Å². The Bertz CT molecular complexity index is 208. The molecule has 0 rings (SSSR count). The maximum Gasteiger partial charge on any atom is 0.313 e. The lowest BCUT2D eigenvalue weighted by molar-refractivity contribution is 0.153. The van der Waals surface area contributed by atoms with Crippen LogP contribution in [0.15, 0.2) is 11.7 Å². The number of aliphatic hydroxyl groups excluding tert-OH is 2. The molecule has 0 spiro atoms. The van der Waals surface area contributed by atoms with E-state index in [0.29, 0.717) is 6.42 Å². The number of hydrogen-bond acceptors (Lipinski definition) is 3. The van der Waals surface area contributed by atoms with E-state index >= 15 is 0 Å². The van der Waals surface area contributed by atoms with Gasteiger partial charge in [0.05, 0.1) is 0 Å². The Balaban J connectivity index is 3.10. The number of aliphatic hydroxyl groups is 3. The largest absolute Gasteiger partial charge is 0.506 e. The van der Waals surface area contributed by atoms with Crippen LogP contribution in [0.5, 0.6) is 0 Å². The molecule has 0 bridgehead atoms. The van der Waals surface area contributed by atoms with E-state index in [9.17, 15) is 0 Å². The molecule has 0 heterocycles. The van der Waals surface area contributed by atoms with Gasteiger partial charge in [-0.1, -0.05) is 71.1 Å². The summed E-state index contributed by atoms with van der Waals surface area (Å²) in [5, 5.41) is 26.2. The van der Waals surface area contributed by atoms with Crippen molar-refractivity contribution < 1.29 is 15.3 Å². The monoisotopic (exact) mass is 258 g/mol. The Hall–Kier alpha value is -0.860. The molecule has 3 heteroatoms. The highest BCUT2D eigenvalue weighted by molar-refractivity contribution is 4.88. The molecule has 0 unspecified atom stereocenters. The molecule has 0 aliphatic carbocycles. The quantitative estimate of drug-likeness (QED) is 0.318. The minimum Gasteiger partial charge on any atom is -0.506 e. The van der Waals surface area contributed by atoms with Crippen LogP contribution in [0.25, 0.3) is 0 Å². The van der Waals surface area contributed by atoms with E-state index in [-0.39, 0.29) is 5.76 Å². The molecule has 0 aliphatic heterocycles. The number of hydrogen-bond donors (Lipinski definition) is 3. The fourth-order valence-electron chi connectivity index (χ4n) is 2.07. The van der Waals surface area contributed by atoms with Crippen molar-refractivity contribution in [2.75, 3.05) is 0 Å². The third-order valence-electron chi connectivity index (χ3n) is 3.28. The van der Waals surface area contributed by atoms with Gasteiger partial charge in [-0.3, -0.25) is 0 Å². The van der Waals surface area contributed by atoms with Crippen LogP contribution in [-0.4, -0.2) is 15.3 Å². The number of allylic oxidation sites excluding steroid dienone is 1. The molecule has 0 saturated carbocycles. The molecule has 0 saturated heterocycles. The Labute approximate surface area is 112 Å². The summed E-state index contributed by atoms with van der Waals surface area (Å²) in [4.78, 5) is 0. The molecule has 0 amide bonds. The Morgan fingerprint density at radius 2 is 1.00 bits per heavy atom. The smallest absolute Gasteiger partial charge is 0.313 e. The van der Waals surface area contributed by atoms with Crippen LogP contribution in [0.1, 0.15) is 84.0 Å². The van der Waals surface area contributed by atoms with Crippen molar-refractivity contribution in [1.29, 1.82) is 0 Å². The second kappa shape index (κ2) is 12.6. The lowest BCUT2D eigenvalue weighted by atomic mass is 10.1. The summed E-state index contributed by atoms with van der Waals surface area (Å²) in [5.41, 5.74) is 0. The van der Waals surface area contributed by atoms with Crippen LogP contribution in [0.3, 0.4) is 0 Å². The molecular formula is C15H30O3. The van der Waals surface area contributed by atoms with Gasteiger partial charge < -0.3 is 15.3 Å². The molecule has 0 radical (unpaired) electrons. The minimum absolute atomic E-state index is 0.286. The molecule has 3 N–H and O–H groups in total. The molecule has 0 atom stereocenters. The number of rotatable bonds is 12. The Morgan fingerprint density at radius 3 is 1.39 bits per heavy atom. The van der Waals surface area contributed by atoms with Gasteiger partial charge in [0.2, 0.25) is 0 Å². The molecule has 3 nitrogen and oxygen atoms in total. The molecular weight excluding hydrogens is 228 g/mol. The third-order valence-corrected chi connectivity index (χ3v) is 3.28. The van der Waals surface area contributed by atoms with Crippen molar-refractivity contribution in [3.05, 3.63) is 11.7 Å². The van der Waals surface area contributed by atoms with Gasteiger partial charge >= 0.3 is 5.95 Å². The molecule has 108 valence electrons. The normalized spacial score (nSPS) is 10.5. The van der Waals surface area contributed by atoms with Crippen molar-refractivity contribution in [2.24, 2.45) is 0 Å². The predicted octanol–water partition coefficient (Wildman–Crippen LogP) is 5.53. The summed E-state index contributed by atoms with van der Waals surface area (Å²) in [6.45, 7) is 2.24. The average molecular weight is 258 g/mol. The van der Waals surface area contributed by atoms with Gasteiger partial charge in [-0.2, -0.15) is 0 Å². The molecule has 0 aromatic carbocycles. The first kappa shape index (κ1) is 17.1. The van der Waals surface area contributed by atoms with Crippen molar-refractivity contribution in [3.63, 3.8) is 0 Å². The maximum atomic E-state index is 9.05. The lowest BCUT2D eigenvalue weighted by Crippen LogP contribution is -1.90. The van der Waals surface area contributed by atoms with Crippen molar-refractivity contribution in [2.45, 2.75) is 84.0 Å². The average Bonchev–Trinajstić information content (AvgIpc) is 2.35. The highest BCUT2D eigenvalue weighted by Gasteiger charge is 2.00. The molecule has 0 aromatic heterocycles. The first-order chi connectivity index (χ1) is 8.68. The molecule has 0 aliphatic rings. The van der Waals surface area contributed by atoms with Gasteiger partial charge in [-0.25, -0.2) is 0 Å². The zero-order chi connectivity index (χ0) is 13.6. The Morgan fingerprint density at radius 1 is 0.611 bits per heavy atom. The van der Waals surface area contributed by atoms with E-state index in [2.05, 4.69) is 6.92 Å². The lowest BCUT2D eigenvalue weighted by Gasteiger charge is -2.02. The van der Waals surface area contributed by atoms with Crippen molar-refractivity contribution in [1.82, 2.24) is 0 Å². The van der Waals surface area contributed by atoms with Gasteiger partial charge in [0, 0.05) is 6.42 Å². The van der Waals surface area contributed by atoms with E-state index in [1.165, 1.54) is 57.8 Å². The van der Waals surface area contributed by atoms with Gasteiger partial charge in [-0.05, 0) is 6.42 Å². The van der Waals surface area contributed by atoms with Crippen LogP contribution < -0.4 is 0 Å². The van der Waals surface area contributed by atoms with Crippen LogP contribution in [0, 0.1) is 0 Å². The van der Waals surface area contributed by atoms with Crippen molar-refractivity contribution in [3.8, 4) is 0 Å². The topological polar surface area (TPSA) is 60.7 Å². The highest BCUT2D eigenvalue weighted by Crippen LogP contribution is 2.13. The summed E-state index contributed by atoms with van der Waals surface area (Å²) in [7, 11) is 0. The van der Waals surface area contributed by atoms with Gasteiger partial charge in [0.15, 0.2) is 5.76 Å². The SMILES string of the molecule is CCCCCCCCCCCCCC(O)=C(O)O. The second-order valence-corrected chi connectivity index (χ2v) is 5.06. The van der Waals surface area contributed by atoms with Gasteiger partial charge in [-0.15, -0.1) is 0 Å². The standard InChI is InChI=1S/C15H30O3/c1-2-3-4-5-6-7-8-9-10-11-12-13-14(16)15(17)18/h16-18H,2-13H2,1H3. The summed E-state index contributed by atoms with van der Waals surface area (Å²) >= 11 is 0. The van der Waals surface area contributed by atoms with Crippen molar-refractivity contribution >= 4 is 0 Å². The molecule has 0 fully saturated rings. The minimum atomic E-state index is -0.929. The fourth-order valence-corrected chi connectivity index (χ4v) is 2.07.